The van der Waals surface area contributed by atoms with Crippen molar-refractivity contribution in [2.24, 2.45) is 4.99 Å². The van der Waals surface area contributed by atoms with Gasteiger partial charge in [0.15, 0.2) is 0 Å². The summed E-state index contributed by atoms with van der Waals surface area (Å²) >= 11 is 6.48. The molecule has 4 aromatic carbocycles. The second-order valence-corrected chi connectivity index (χ2v) is 8.60. The lowest BCUT2D eigenvalue weighted by atomic mass is 9.94. The zero-order chi connectivity index (χ0) is 22.2. The standard InChI is InChI=1S/C30H21ClN2/c31-28-16-15-26(24-13-7-8-14-25(24)28)29-17-18-33-20-23(21-9-3-1-4-10-21)19-27(30(33)32-29)22-11-5-2-6-12-22/h1-17,19-20H,18H2. The molecule has 0 bridgehead atoms. The molecule has 0 amide bonds. The van der Waals surface area contributed by atoms with Gasteiger partial charge in [0.1, 0.15) is 5.84 Å². The molecule has 2 aliphatic rings. The first kappa shape index (κ1) is 19.8. The fourth-order valence-electron chi connectivity index (χ4n) is 4.52. The molecule has 2 nitrogen and oxygen atoms in total. The molecule has 33 heavy (non-hydrogen) atoms. The number of benzene rings is 4. The Labute approximate surface area is 198 Å². The van der Waals surface area contributed by atoms with E-state index in [-0.39, 0.29) is 0 Å². The minimum atomic E-state index is 0.756. The van der Waals surface area contributed by atoms with E-state index in [0.29, 0.717) is 0 Å². The molecule has 0 atom stereocenters. The minimum absolute atomic E-state index is 0.756. The largest absolute Gasteiger partial charge is 0.328 e. The number of aliphatic imine (C=N–C) groups is 1. The van der Waals surface area contributed by atoms with Gasteiger partial charge in [0.25, 0.3) is 0 Å². The fraction of sp³-hybridized carbons (Fsp3) is 0.0333. The van der Waals surface area contributed by atoms with E-state index in [9.17, 15) is 0 Å². The second-order valence-electron chi connectivity index (χ2n) is 8.19. The average molecular weight is 445 g/mol. The first-order valence-electron chi connectivity index (χ1n) is 11.1. The van der Waals surface area contributed by atoms with Crippen molar-refractivity contribution in [3.8, 4) is 0 Å². The van der Waals surface area contributed by atoms with E-state index in [1.54, 1.807) is 0 Å². The Bertz CT molecular complexity index is 1480. The Morgan fingerprint density at radius 1 is 0.697 bits per heavy atom. The topological polar surface area (TPSA) is 15.6 Å². The average Bonchev–Trinajstić information content (AvgIpc) is 2.89. The predicted molar refractivity (Wildman–Crippen MR) is 140 cm³/mol. The van der Waals surface area contributed by atoms with E-state index >= 15 is 0 Å². The van der Waals surface area contributed by atoms with Crippen LogP contribution in [0.2, 0.25) is 5.02 Å². The molecule has 158 valence electrons. The van der Waals surface area contributed by atoms with E-state index in [1.807, 2.05) is 24.3 Å². The highest BCUT2D eigenvalue weighted by Gasteiger charge is 2.25. The summed E-state index contributed by atoms with van der Waals surface area (Å²) in [6.07, 6.45) is 6.66. The Morgan fingerprint density at radius 2 is 1.36 bits per heavy atom. The number of allylic oxidation sites excluding steroid dienone is 2. The number of amidine groups is 1. The van der Waals surface area contributed by atoms with Crippen LogP contribution in [0.4, 0.5) is 0 Å². The molecule has 0 saturated heterocycles. The minimum Gasteiger partial charge on any atom is -0.328 e. The molecule has 0 aliphatic carbocycles. The second kappa shape index (κ2) is 8.23. The van der Waals surface area contributed by atoms with Crippen LogP contribution in [0.3, 0.4) is 0 Å². The Morgan fingerprint density at radius 3 is 2.12 bits per heavy atom. The highest BCUT2D eigenvalue weighted by molar-refractivity contribution is 6.36. The monoisotopic (exact) mass is 444 g/mol. The van der Waals surface area contributed by atoms with Crippen LogP contribution in [-0.4, -0.2) is 17.3 Å². The molecule has 0 fully saturated rings. The van der Waals surface area contributed by atoms with Gasteiger partial charge in [-0.2, -0.15) is 0 Å². The zero-order valence-corrected chi connectivity index (χ0v) is 18.7. The lowest BCUT2D eigenvalue weighted by Gasteiger charge is -2.31. The first-order valence-corrected chi connectivity index (χ1v) is 11.4. The third-order valence-corrected chi connectivity index (χ3v) is 6.48. The van der Waals surface area contributed by atoms with Gasteiger partial charge in [-0.15, -0.1) is 0 Å². The lowest BCUT2D eigenvalue weighted by Crippen LogP contribution is -2.32. The van der Waals surface area contributed by atoms with Crippen molar-refractivity contribution in [3.05, 3.63) is 137 Å². The number of nitrogens with zero attached hydrogens (tertiary/aromatic N) is 2. The van der Waals surface area contributed by atoms with Crippen molar-refractivity contribution in [2.45, 2.75) is 0 Å². The molecule has 4 aromatic rings. The highest BCUT2D eigenvalue weighted by Crippen LogP contribution is 2.36. The van der Waals surface area contributed by atoms with Gasteiger partial charge in [-0.25, -0.2) is 4.99 Å². The van der Waals surface area contributed by atoms with Crippen molar-refractivity contribution >= 4 is 45.1 Å². The van der Waals surface area contributed by atoms with E-state index < -0.39 is 0 Å². The van der Waals surface area contributed by atoms with Crippen molar-refractivity contribution in [1.82, 2.24) is 4.90 Å². The van der Waals surface area contributed by atoms with E-state index in [2.05, 4.69) is 96.0 Å². The van der Waals surface area contributed by atoms with Crippen LogP contribution in [-0.2, 0) is 0 Å². The maximum absolute atomic E-state index is 6.48. The number of halogens is 1. The van der Waals surface area contributed by atoms with Gasteiger partial charge < -0.3 is 4.90 Å². The van der Waals surface area contributed by atoms with Gasteiger partial charge in [-0.1, -0.05) is 103 Å². The molecule has 3 heteroatoms. The van der Waals surface area contributed by atoms with Crippen LogP contribution in [0.15, 0.2) is 120 Å². The Kier molecular flexibility index (Phi) is 4.93. The molecule has 0 saturated carbocycles. The summed E-state index contributed by atoms with van der Waals surface area (Å²) in [5.74, 6) is 0.970. The third kappa shape index (κ3) is 3.59. The smallest absolute Gasteiger partial charge is 0.141 e. The van der Waals surface area contributed by atoms with Crippen LogP contribution >= 0.6 is 11.6 Å². The van der Waals surface area contributed by atoms with Crippen molar-refractivity contribution in [2.75, 3.05) is 6.54 Å². The van der Waals surface area contributed by atoms with Crippen molar-refractivity contribution in [1.29, 1.82) is 0 Å². The zero-order valence-electron chi connectivity index (χ0n) is 17.9. The predicted octanol–water partition coefficient (Wildman–Crippen LogP) is 7.69. The number of rotatable bonds is 3. The quantitative estimate of drug-likeness (QED) is 0.316. The molecule has 2 heterocycles. The van der Waals surface area contributed by atoms with E-state index in [4.69, 9.17) is 16.6 Å². The molecule has 6 rings (SSSR count). The number of hydrogen-bond acceptors (Lipinski definition) is 2. The molecule has 0 N–H and O–H groups in total. The molecule has 2 aliphatic heterocycles. The van der Waals surface area contributed by atoms with E-state index in [0.717, 1.165) is 50.6 Å². The van der Waals surface area contributed by atoms with Gasteiger partial charge in [-0.3, -0.25) is 0 Å². The van der Waals surface area contributed by atoms with Crippen LogP contribution in [0.1, 0.15) is 16.7 Å². The Hall–Kier alpha value is -3.88. The maximum atomic E-state index is 6.48. The van der Waals surface area contributed by atoms with Crippen LogP contribution in [0.25, 0.3) is 27.6 Å². The summed E-state index contributed by atoms with van der Waals surface area (Å²) in [4.78, 5) is 7.43. The van der Waals surface area contributed by atoms with Crippen LogP contribution < -0.4 is 0 Å². The molecular weight excluding hydrogens is 424 g/mol. The number of fused-ring (bicyclic) bond motifs is 2. The maximum Gasteiger partial charge on any atom is 0.141 e. The van der Waals surface area contributed by atoms with Crippen LogP contribution in [0, 0.1) is 0 Å². The SMILES string of the molecule is Clc1ccc(C2=CCN3C=C(c4ccccc4)C=C(c4ccccc4)C3=N2)c2ccccc12. The van der Waals surface area contributed by atoms with Gasteiger partial charge in [0.2, 0.25) is 0 Å². The molecule has 0 spiro atoms. The Balaban J connectivity index is 1.49. The molecular formula is C30H21ClN2. The third-order valence-electron chi connectivity index (χ3n) is 6.15. The van der Waals surface area contributed by atoms with Gasteiger partial charge in [0, 0.05) is 34.3 Å². The van der Waals surface area contributed by atoms with Gasteiger partial charge in [0.05, 0.1) is 5.70 Å². The summed E-state index contributed by atoms with van der Waals surface area (Å²) < 4.78 is 0. The first-order chi connectivity index (χ1) is 16.3. The van der Waals surface area contributed by atoms with Gasteiger partial charge in [-0.05, 0) is 40.3 Å². The lowest BCUT2D eigenvalue weighted by molar-refractivity contribution is 0.621. The van der Waals surface area contributed by atoms with E-state index in [1.165, 1.54) is 11.1 Å². The van der Waals surface area contributed by atoms with Crippen LogP contribution in [0.5, 0.6) is 0 Å². The highest BCUT2D eigenvalue weighted by atomic mass is 35.5. The summed E-state index contributed by atoms with van der Waals surface area (Å²) in [5.41, 5.74) is 6.75. The fourth-order valence-corrected chi connectivity index (χ4v) is 4.75. The molecule has 0 aromatic heterocycles. The molecule has 0 radical (unpaired) electrons. The summed E-state index contributed by atoms with van der Waals surface area (Å²) in [5, 5.41) is 2.93. The summed E-state index contributed by atoms with van der Waals surface area (Å²) in [6.45, 7) is 0.756. The summed E-state index contributed by atoms with van der Waals surface area (Å²) in [7, 11) is 0. The molecule has 0 unspecified atom stereocenters. The van der Waals surface area contributed by atoms with Crippen molar-refractivity contribution in [3.63, 3.8) is 0 Å². The normalized spacial score (nSPS) is 15.4. The summed E-state index contributed by atoms with van der Waals surface area (Å²) in [6, 6.07) is 33.3. The van der Waals surface area contributed by atoms with Crippen molar-refractivity contribution < 1.29 is 0 Å². The number of hydrogen-bond donors (Lipinski definition) is 0. The van der Waals surface area contributed by atoms with Gasteiger partial charge >= 0.3 is 0 Å².